The number of carbonyl (C=O) groups excluding carboxylic acids is 3. The Bertz CT molecular complexity index is 853. The van der Waals surface area contributed by atoms with Crippen molar-refractivity contribution in [1.82, 2.24) is 15.5 Å². The standard InChI is InChI=1S/C23H34N4O6S/c1-14(28)19(24)21(30)25-16(10-12-34-2)22(31)27-11-6-9-18(27)20(29)26-17(23(32)33)13-15-7-4-3-5-8-15/h3-5,7-8,14,16-19,28H,6,9-13,24H2,1-2H3,(H,25,30)(H,26,29)(H,32,33). The van der Waals surface area contributed by atoms with Gasteiger partial charge >= 0.3 is 5.97 Å². The highest BCUT2D eigenvalue weighted by atomic mass is 32.2. The fraction of sp³-hybridized carbons (Fsp3) is 0.565. The normalized spacial score (nSPS) is 19.1. The Kier molecular flexibility index (Phi) is 10.8. The number of aliphatic hydroxyl groups is 1. The Balaban J connectivity index is 2.11. The van der Waals surface area contributed by atoms with Gasteiger partial charge in [-0.3, -0.25) is 14.4 Å². The SMILES string of the molecule is CSCCC(NC(=O)C(N)C(C)O)C(=O)N1CCCC1C(=O)NC(Cc1ccccc1)C(=O)O. The van der Waals surface area contributed by atoms with Crippen molar-refractivity contribution < 1.29 is 29.4 Å². The Labute approximate surface area is 203 Å². The summed E-state index contributed by atoms with van der Waals surface area (Å²) in [5.41, 5.74) is 6.47. The zero-order chi connectivity index (χ0) is 25.3. The van der Waals surface area contributed by atoms with Gasteiger partial charge in [0.25, 0.3) is 0 Å². The highest BCUT2D eigenvalue weighted by molar-refractivity contribution is 7.98. The Morgan fingerprint density at radius 1 is 1.18 bits per heavy atom. The fourth-order valence-electron chi connectivity index (χ4n) is 3.80. The van der Waals surface area contributed by atoms with Gasteiger partial charge in [-0.25, -0.2) is 4.79 Å². The fourth-order valence-corrected chi connectivity index (χ4v) is 4.27. The summed E-state index contributed by atoms with van der Waals surface area (Å²) in [5.74, 6) is -2.19. The van der Waals surface area contributed by atoms with Crippen LogP contribution in [0.4, 0.5) is 0 Å². The minimum absolute atomic E-state index is 0.117. The number of hydrogen-bond acceptors (Lipinski definition) is 7. The van der Waals surface area contributed by atoms with Crippen molar-refractivity contribution >= 4 is 35.5 Å². The molecule has 0 aromatic heterocycles. The van der Waals surface area contributed by atoms with E-state index < -0.39 is 54.0 Å². The largest absolute Gasteiger partial charge is 0.480 e. The van der Waals surface area contributed by atoms with E-state index in [1.165, 1.54) is 23.6 Å². The van der Waals surface area contributed by atoms with E-state index in [4.69, 9.17) is 5.73 Å². The van der Waals surface area contributed by atoms with Crippen LogP contribution in [0.25, 0.3) is 0 Å². The Morgan fingerprint density at radius 3 is 2.44 bits per heavy atom. The Hall–Kier alpha value is -2.63. The number of carboxylic acid groups (broad SMARTS) is 1. The third-order valence-corrected chi connectivity index (χ3v) is 6.43. The van der Waals surface area contributed by atoms with Crippen molar-refractivity contribution in [1.29, 1.82) is 0 Å². The number of nitrogens with zero attached hydrogens (tertiary/aromatic N) is 1. The maximum atomic E-state index is 13.3. The zero-order valence-electron chi connectivity index (χ0n) is 19.5. The van der Waals surface area contributed by atoms with E-state index in [-0.39, 0.29) is 6.42 Å². The third kappa shape index (κ3) is 7.71. The van der Waals surface area contributed by atoms with Gasteiger partial charge in [-0.1, -0.05) is 30.3 Å². The lowest BCUT2D eigenvalue weighted by molar-refractivity contribution is -0.145. The summed E-state index contributed by atoms with van der Waals surface area (Å²) in [4.78, 5) is 51.8. The molecule has 5 atom stereocenters. The molecule has 0 spiro atoms. The van der Waals surface area contributed by atoms with Gasteiger partial charge in [0.2, 0.25) is 17.7 Å². The van der Waals surface area contributed by atoms with Crippen LogP contribution in [0.1, 0.15) is 31.7 Å². The molecule has 1 fully saturated rings. The van der Waals surface area contributed by atoms with Crippen LogP contribution in [0.5, 0.6) is 0 Å². The number of likely N-dealkylation sites (tertiary alicyclic amines) is 1. The van der Waals surface area contributed by atoms with E-state index in [9.17, 15) is 29.4 Å². The van der Waals surface area contributed by atoms with E-state index >= 15 is 0 Å². The van der Waals surface area contributed by atoms with E-state index in [1.807, 2.05) is 12.3 Å². The predicted molar refractivity (Wildman–Crippen MR) is 129 cm³/mol. The van der Waals surface area contributed by atoms with Crippen LogP contribution in [0, 0.1) is 0 Å². The van der Waals surface area contributed by atoms with Crippen molar-refractivity contribution in [3.8, 4) is 0 Å². The molecule has 1 saturated heterocycles. The number of aliphatic hydroxyl groups excluding tert-OH is 1. The first kappa shape index (κ1) is 27.6. The van der Waals surface area contributed by atoms with Crippen molar-refractivity contribution in [3.05, 3.63) is 35.9 Å². The molecule has 11 heteroatoms. The average molecular weight is 495 g/mol. The first-order chi connectivity index (χ1) is 16.1. The number of nitrogens with two attached hydrogens (primary N) is 1. The molecule has 1 aliphatic rings. The molecule has 10 nitrogen and oxygen atoms in total. The van der Waals surface area contributed by atoms with Gasteiger partial charge in [-0.2, -0.15) is 11.8 Å². The molecule has 0 saturated carbocycles. The minimum Gasteiger partial charge on any atom is -0.480 e. The summed E-state index contributed by atoms with van der Waals surface area (Å²) < 4.78 is 0. The van der Waals surface area contributed by atoms with E-state index in [1.54, 1.807) is 24.3 Å². The lowest BCUT2D eigenvalue weighted by atomic mass is 10.0. The van der Waals surface area contributed by atoms with Crippen LogP contribution in [0.15, 0.2) is 30.3 Å². The molecule has 188 valence electrons. The maximum Gasteiger partial charge on any atom is 0.326 e. The third-order valence-electron chi connectivity index (χ3n) is 5.78. The monoisotopic (exact) mass is 494 g/mol. The second-order valence-electron chi connectivity index (χ2n) is 8.39. The molecular weight excluding hydrogens is 460 g/mol. The summed E-state index contributed by atoms with van der Waals surface area (Å²) in [5, 5.41) is 24.4. The maximum absolute atomic E-state index is 13.3. The van der Waals surface area contributed by atoms with E-state index in [0.717, 1.165) is 5.56 Å². The van der Waals surface area contributed by atoms with Gasteiger partial charge in [-0.15, -0.1) is 0 Å². The highest BCUT2D eigenvalue weighted by Crippen LogP contribution is 2.20. The van der Waals surface area contributed by atoms with Crippen molar-refractivity contribution in [2.75, 3.05) is 18.6 Å². The molecule has 3 amide bonds. The summed E-state index contributed by atoms with van der Waals surface area (Å²) in [6.45, 7) is 1.71. The van der Waals surface area contributed by atoms with E-state index in [0.29, 0.717) is 31.6 Å². The Morgan fingerprint density at radius 2 is 1.85 bits per heavy atom. The van der Waals surface area contributed by atoms with Gasteiger partial charge in [-0.05, 0) is 43.8 Å². The first-order valence-electron chi connectivity index (χ1n) is 11.3. The zero-order valence-corrected chi connectivity index (χ0v) is 20.3. The summed E-state index contributed by atoms with van der Waals surface area (Å²) >= 11 is 1.50. The molecular formula is C23H34N4O6S. The highest BCUT2D eigenvalue weighted by Gasteiger charge is 2.39. The van der Waals surface area contributed by atoms with Gasteiger partial charge < -0.3 is 31.5 Å². The number of aliphatic carboxylic acids is 1. The van der Waals surface area contributed by atoms with Gasteiger partial charge in [0.05, 0.1) is 6.10 Å². The molecule has 5 unspecified atom stereocenters. The van der Waals surface area contributed by atoms with Crippen LogP contribution in [-0.4, -0.2) is 87.6 Å². The van der Waals surface area contributed by atoms with Crippen LogP contribution in [0.3, 0.4) is 0 Å². The molecule has 1 heterocycles. The van der Waals surface area contributed by atoms with Crippen LogP contribution in [0.2, 0.25) is 0 Å². The molecule has 1 aromatic rings. The molecule has 1 aromatic carbocycles. The second kappa shape index (κ2) is 13.3. The number of rotatable bonds is 12. The first-order valence-corrected chi connectivity index (χ1v) is 12.7. The number of carbonyl (C=O) groups is 4. The number of hydrogen-bond donors (Lipinski definition) is 5. The number of amides is 3. The van der Waals surface area contributed by atoms with Gasteiger partial charge in [0.1, 0.15) is 24.2 Å². The van der Waals surface area contributed by atoms with Gasteiger partial charge in [0.15, 0.2) is 0 Å². The smallest absolute Gasteiger partial charge is 0.326 e. The lowest BCUT2D eigenvalue weighted by Crippen LogP contribution is -2.58. The average Bonchev–Trinajstić information content (AvgIpc) is 3.30. The molecule has 0 radical (unpaired) electrons. The minimum atomic E-state index is -1.18. The molecule has 34 heavy (non-hydrogen) atoms. The number of thioether (sulfide) groups is 1. The number of nitrogens with one attached hydrogen (secondary N) is 2. The number of benzene rings is 1. The number of carboxylic acids is 1. The molecule has 0 aliphatic carbocycles. The summed E-state index contributed by atoms with van der Waals surface area (Å²) in [6, 6.07) is 4.91. The predicted octanol–water partition coefficient (Wildman–Crippen LogP) is -0.264. The van der Waals surface area contributed by atoms with Gasteiger partial charge in [0, 0.05) is 13.0 Å². The summed E-state index contributed by atoms with van der Waals surface area (Å²) in [7, 11) is 0. The topological polar surface area (TPSA) is 162 Å². The van der Waals surface area contributed by atoms with Crippen LogP contribution >= 0.6 is 11.8 Å². The summed E-state index contributed by atoms with van der Waals surface area (Å²) in [6.07, 6.45) is 2.21. The van der Waals surface area contributed by atoms with Crippen LogP contribution < -0.4 is 16.4 Å². The molecule has 1 aliphatic heterocycles. The van der Waals surface area contributed by atoms with Crippen molar-refractivity contribution in [2.45, 2.75) is 62.9 Å². The molecule has 6 N–H and O–H groups in total. The molecule has 2 rings (SSSR count). The second-order valence-corrected chi connectivity index (χ2v) is 9.37. The van der Waals surface area contributed by atoms with E-state index in [2.05, 4.69) is 10.6 Å². The molecule has 0 bridgehead atoms. The lowest BCUT2D eigenvalue weighted by Gasteiger charge is -2.30. The van der Waals surface area contributed by atoms with Crippen LogP contribution in [-0.2, 0) is 25.6 Å². The quantitative estimate of drug-likeness (QED) is 0.265. The van der Waals surface area contributed by atoms with Crippen molar-refractivity contribution in [3.63, 3.8) is 0 Å². The van der Waals surface area contributed by atoms with Crippen molar-refractivity contribution in [2.24, 2.45) is 5.73 Å².